The van der Waals surface area contributed by atoms with E-state index >= 15 is 0 Å². The summed E-state index contributed by atoms with van der Waals surface area (Å²) < 4.78 is 16.5. The number of rotatable bonds is 3. The lowest BCUT2D eigenvalue weighted by Gasteiger charge is -2.08. The molecular weight excluding hydrogens is 255 g/mol. The Labute approximate surface area is 104 Å². The van der Waals surface area contributed by atoms with Crippen molar-refractivity contribution in [3.8, 4) is 11.5 Å². The van der Waals surface area contributed by atoms with Crippen LogP contribution in [0.25, 0.3) is 11.5 Å². The number of anilines is 1. The maximum absolute atomic E-state index is 11.3. The van der Waals surface area contributed by atoms with Gasteiger partial charge in [-0.15, -0.1) is 0 Å². The summed E-state index contributed by atoms with van der Waals surface area (Å²) in [6.07, 6.45) is 1.89. The van der Waals surface area contributed by atoms with E-state index in [4.69, 9.17) is 10.2 Å². The Morgan fingerprint density at radius 1 is 1.39 bits per heavy atom. The summed E-state index contributed by atoms with van der Waals surface area (Å²) in [7, 11) is -4.39. The number of aryl methyl sites for hydroxylation is 1. The Morgan fingerprint density at radius 3 is 2.72 bits per heavy atom. The van der Waals surface area contributed by atoms with Crippen molar-refractivity contribution in [2.24, 2.45) is 0 Å². The molecule has 0 aromatic carbocycles. The fraction of sp³-hybridized carbons (Fsp3) is 0.182. The second-order valence-electron chi connectivity index (χ2n) is 3.78. The van der Waals surface area contributed by atoms with Crippen molar-refractivity contribution in [2.75, 3.05) is 5.73 Å². The van der Waals surface area contributed by atoms with Crippen LogP contribution in [0.1, 0.15) is 12.5 Å². The van der Waals surface area contributed by atoms with Crippen LogP contribution in [-0.4, -0.2) is 14.8 Å². The first-order chi connectivity index (χ1) is 8.43. The predicted molar refractivity (Wildman–Crippen MR) is 67.4 cm³/mol. The highest BCUT2D eigenvalue weighted by molar-refractivity contribution is 7.60. The fourth-order valence-corrected chi connectivity index (χ4v) is 2.37. The summed E-state index contributed by atoms with van der Waals surface area (Å²) in [6.45, 7) is 1.91. The van der Waals surface area contributed by atoms with Crippen LogP contribution in [-0.2, 0) is 11.0 Å². The summed E-state index contributed by atoms with van der Waals surface area (Å²) in [5.41, 5.74) is 6.79. The van der Waals surface area contributed by atoms with E-state index in [1.54, 1.807) is 12.1 Å². The van der Waals surface area contributed by atoms with Crippen LogP contribution in [0.3, 0.4) is 0 Å². The van der Waals surface area contributed by atoms with Crippen molar-refractivity contribution in [3.63, 3.8) is 0 Å². The van der Waals surface area contributed by atoms with Gasteiger partial charge in [0.2, 0.25) is 0 Å². The third kappa shape index (κ3) is 2.31. The lowest BCUT2D eigenvalue weighted by molar-refractivity contribution is 0.387. The minimum atomic E-state index is -4.39. The molecule has 0 fully saturated rings. The number of hydrogen-bond acceptors (Lipinski definition) is 4. The molecule has 2 heterocycles. The van der Waals surface area contributed by atoms with E-state index in [0.29, 0.717) is 12.1 Å². The number of nitrogens with two attached hydrogens (primary N) is 1. The normalized spacial score (nSPS) is 11.7. The minimum absolute atomic E-state index is 0.0764. The quantitative estimate of drug-likeness (QED) is 0.723. The zero-order chi connectivity index (χ0) is 13.3. The predicted octanol–water partition coefficient (Wildman–Crippen LogP) is 1.29. The van der Waals surface area contributed by atoms with E-state index in [0.717, 1.165) is 5.56 Å². The van der Waals surface area contributed by atoms with E-state index in [2.05, 4.69) is 4.98 Å². The van der Waals surface area contributed by atoms with E-state index in [-0.39, 0.29) is 16.9 Å². The van der Waals surface area contributed by atoms with Gasteiger partial charge in [0.15, 0.2) is 5.76 Å². The molecule has 96 valence electrons. The molecule has 6 nitrogen and oxygen atoms in total. The summed E-state index contributed by atoms with van der Waals surface area (Å²) >= 11 is 0. The Bertz CT molecular complexity index is 617. The first kappa shape index (κ1) is 12.8. The molecule has 2 aromatic rings. The number of pyridine rings is 1. The van der Waals surface area contributed by atoms with Gasteiger partial charge in [0, 0.05) is 0 Å². The van der Waals surface area contributed by atoms with Gasteiger partial charge < -0.3 is 19.9 Å². The van der Waals surface area contributed by atoms with Gasteiger partial charge in [0.05, 0.1) is 6.26 Å². The third-order valence-electron chi connectivity index (χ3n) is 2.55. The first-order valence-corrected chi connectivity index (χ1v) is 6.94. The Kier molecular flexibility index (Phi) is 3.26. The van der Waals surface area contributed by atoms with Crippen LogP contribution in [0.2, 0.25) is 0 Å². The van der Waals surface area contributed by atoms with Crippen molar-refractivity contribution in [3.05, 3.63) is 30.0 Å². The number of nitrogens with zero attached hydrogens (tertiary/aromatic N) is 1. The second-order valence-corrected chi connectivity index (χ2v) is 5.35. The van der Waals surface area contributed by atoms with Crippen molar-refractivity contribution in [1.82, 2.24) is 4.98 Å². The SMILES string of the molecule is CCc1ccc(N)nc1-c1occc1P(=O)(O)O. The van der Waals surface area contributed by atoms with Gasteiger partial charge in [-0.3, -0.25) is 4.57 Å². The van der Waals surface area contributed by atoms with Gasteiger partial charge in [-0.05, 0) is 24.1 Å². The highest BCUT2D eigenvalue weighted by Gasteiger charge is 2.27. The highest BCUT2D eigenvalue weighted by atomic mass is 31.2. The summed E-state index contributed by atoms with van der Waals surface area (Å²) in [5, 5.41) is -0.171. The molecule has 0 aliphatic rings. The zero-order valence-corrected chi connectivity index (χ0v) is 10.6. The smallest absolute Gasteiger partial charge is 0.360 e. The lowest BCUT2D eigenvalue weighted by atomic mass is 10.1. The Balaban J connectivity index is 2.66. The van der Waals surface area contributed by atoms with Gasteiger partial charge in [0.1, 0.15) is 16.8 Å². The average molecular weight is 268 g/mol. The maximum atomic E-state index is 11.3. The van der Waals surface area contributed by atoms with Crippen LogP contribution < -0.4 is 11.0 Å². The molecule has 0 aliphatic heterocycles. The number of hydrogen-bond donors (Lipinski definition) is 3. The monoisotopic (exact) mass is 268 g/mol. The number of nitrogen functional groups attached to an aromatic ring is 1. The van der Waals surface area contributed by atoms with E-state index in [9.17, 15) is 14.4 Å². The lowest BCUT2D eigenvalue weighted by Crippen LogP contribution is -2.07. The van der Waals surface area contributed by atoms with Crippen LogP contribution in [0.15, 0.2) is 28.9 Å². The molecule has 7 heteroatoms. The molecule has 0 unspecified atom stereocenters. The van der Waals surface area contributed by atoms with Gasteiger partial charge in [-0.25, -0.2) is 4.98 Å². The maximum Gasteiger partial charge on any atom is 0.360 e. The van der Waals surface area contributed by atoms with Crippen LogP contribution in [0.4, 0.5) is 5.82 Å². The van der Waals surface area contributed by atoms with E-state index in [1.807, 2.05) is 6.92 Å². The Hall–Kier alpha value is -1.62. The molecule has 0 saturated heterocycles. The van der Waals surface area contributed by atoms with E-state index in [1.165, 1.54) is 12.3 Å². The van der Waals surface area contributed by atoms with E-state index < -0.39 is 7.60 Å². The van der Waals surface area contributed by atoms with Gasteiger partial charge in [0.25, 0.3) is 0 Å². The van der Waals surface area contributed by atoms with Crippen molar-refractivity contribution in [2.45, 2.75) is 13.3 Å². The minimum Gasteiger partial charge on any atom is -0.462 e. The average Bonchev–Trinajstić information content (AvgIpc) is 2.77. The molecule has 0 bridgehead atoms. The molecule has 0 radical (unpaired) electrons. The molecule has 2 rings (SSSR count). The molecule has 4 N–H and O–H groups in total. The molecule has 18 heavy (non-hydrogen) atoms. The second kappa shape index (κ2) is 4.57. The molecule has 0 saturated carbocycles. The first-order valence-electron chi connectivity index (χ1n) is 5.33. The van der Waals surface area contributed by atoms with Crippen molar-refractivity contribution < 1.29 is 18.8 Å². The number of aromatic nitrogens is 1. The molecule has 2 aromatic heterocycles. The molecule has 0 amide bonds. The standard InChI is InChI=1S/C11H13N2O4P/c1-2-7-3-4-9(12)13-10(7)11-8(5-6-17-11)18(14,15)16/h3-6H,2H2,1H3,(H2,12,13)(H2,14,15,16). The van der Waals surface area contributed by atoms with Crippen LogP contribution >= 0.6 is 7.60 Å². The summed E-state index contributed by atoms with van der Waals surface area (Å²) in [6, 6.07) is 4.66. The topological polar surface area (TPSA) is 110 Å². The number of furan rings is 1. The molecule has 0 aliphatic carbocycles. The largest absolute Gasteiger partial charge is 0.462 e. The Morgan fingerprint density at radius 2 is 2.11 bits per heavy atom. The van der Waals surface area contributed by atoms with Crippen molar-refractivity contribution in [1.29, 1.82) is 0 Å². The summed E-state index contributed by atoms with van der Waals surface area (Å²) in [4.78, 5) is 22.6. The fourth-order valence-electron chi connectivity index (χ4n) is 1.69. The van der Waals surface area contributed by atoms with Crippen molar-refractivity contribution >= 4 is 18.7 Å². The molecule has 0 atom stereocenters. The van der Waals surface area contributed by atoms with Crippen LogP contribution in [0, 0.1) is 0 Å². The highest BCUT2D eigenvalue weighted by Crippen LogP contribution is 2.38. The third-order valence-corrected chi connectivity index (χ3v) is 3.53. The van der Waals surface area contributed by atoms with Gasteiger partial charge in [-0.2, -0.15) is 0 Å². The zero-order valence-electron chi connectivity index (χ0n) is 9.70. The summed E-state index contributed by atoms with van der Waals surface area (Å²) in [5.74, 6) is 0.350. The van der Waals surface area contributed by atoms with Crippen LogP contribution in [0.5, 0.6) is 0 Å². The molecule has 0 spiro atoms. The molecular formula is C11H13N2O4P. The van der Waals surface area contributed by atoms with Gasteiger partial charge >= 0.3 is 7.60 Å². The van der Waals surface area contributed by atoms with Gasteiger partial charge in [-0.1, -0.05) is 13.0 Å².